The van der Waals surface area contributed by atoms with Crippen molar-refractivity contribution in [3.63, 3.8) is 0 Å². The number of nitrogens with zero attached hydrogens (tertiary/aromatic N) is 3. The van der Waals surface area contributed by atoms with E-state index in [4.69, 9.17) is 27.9 Å². The number of fused-ring (bicyclic) bond motifs is 3. The van der Waals surface area contributed by atoms with E-state index < -0.39 is 34.9 Å². The Morgan fingerprint density at radius 2 is 1.97 bits per heavy atom. The van der Waals surface area contributed by atoms with Gasteiger partial charge in [-0.25, -0.2) is 0 Å². The number of carboxylic acids is 1. The van der Waals surface area contributed by atoms with Crippen LogP contribution in [0, 0.1) is 0 Å². The molecule has 6 nitrogen and oxygen atoms in total. The molecule has 32 heavy (non-hydrogen) atoms. The Hall–Kier alpha value is -2.43. The molecular weight excluding hydrogens is 490 g/mol. The lowest BCUT2D eigenvalue weighted by Gasteiger charge is -2.22. The van der Waals surface area contributed by atoms with E-state index in [1.807, 2.05) is 0 Å². The fourth-order valence-corrected chi connectivity index (χ4v) is 5.67. The average molecular weight is 504 g/mol. The molecule has 0 bridgehead atoms. The number of thioether (sulfide) groups is 1. The van der Waals surface area contributed by atoms with Crippen molar-refractivity contribution in [3.05, 3.63) is 69.2 Å². The largest absolute Gasteiger partial charge is 0.495 e. The van der Waals surface area contributed by atoms with Gasteiger partial charge in [0, 0.05) is 5.02 Å². The van der Waals surface area contributed by atoms with Gasteiger partial charge in [-0.3, -0.25) is 9.36 Å². The molecule has 12 heteroatoms. The predicted octanol–water partition coefficient (Wildman–Crippen LogP) is 5.95. The Balaban J connectivity index is 2.03. The first kappa shape index (κ1) is 22.8. The number of hydrogen-bond acceptors (Lipinski definition) is 5. The van der Waals surface area contributed by atoms with Crippen molar-refractivity contribution in [3.8, 4) is 11.4 Å². The van der Waals surface area contributed by atoms with Crippen molar-refractivity contribution in [2.75, 3.05) is 7.11 Å². The molecule has 0 radical (unpaired) electrons. The van der Waals surface area contributed by atoms with Gasteiger partial charge in [-0.15, -0.1) is 22.0 Å². The molecule has 1 N–H and O–H groups in total. The fraction of sp³-hybridized carbons (Fsp3) is 0.250. The van der Waals surface area contributed by atoms with Gasteiger partial charge in [0.25, 0.3) is 0 Å². The van der Waals surface area contributed by atoms with Crippen molar-refractivity contribution in [1.82, 2.24) is 14.8 Å². The number of aliphatic carboxylic acids is 1. The highest BCUT2D eigenvalue weighted by molar-refractivity contribution is 8.00. The summed E-state index contributed by atoms with van der Waals surface area (Å²) in [5, 5.41) is 15.5. The minimum atomic E-state index is -4.81. The highest BCUT2D eigenvalue weighted by atomic mass is 35.5. The lowest BCUT2D eigenvalue weighted by molar-refractivity contribution is -0.146. The number of aromatic nitrogens is 3. The van der Waals surface area contributed by atoms with E-state index in [2.05, 4.69) is 10.2 Å². The number of rotatable bonds is 4. The molecule has 2 heterocycles. The first-order valence-corrected chi connectivity index (χ1v) is 10.8. The highest BCUT2D eigenvalue weighted by Crippen LogP contribution is 2.53. The van der Waals surface area contributed by atoms with Crippen LogP contribution in [-0.2, 0) is 11.0 Å². The molecule has 0 saturated carbocycles. The standard InChI is InChI=1S/C20H14Cl2F3N3O3S/c1-31-13-4-2-3-10(16(13)22)17-11-7-9(21)5-6-12(11)28-18(14(32-17)8-15(29)30)26-27-19(28)20(23,24)25/h2-7,14,17H,8H2,1H3,(H,29,30)/t14-,17-/m0/s1. The van der Waals surface area contributed by atoms with Crippen molar-refractivity contribution in [1.29, 1.82) is 0 Å². The van der Waals surface area contributed by atoms with Crippen LogP contribution in [-0.4, -0.2) is 33.0 Å². The first-order valence-electron chi connectivity index (χ1n) is 9.13. The number of methoxy groups -OCH3 is 1. The zero-order chi connectivity index (χ0) is 23.2. The number of carboxylic acid groups (broad SMARTS) is 1. The molecule has 0 amide bonds. The van der Waals surface area contributed by atoms with Crippen molar-refractivity contribution in [2.45, 2.75) is 23.1 Å². The third-order valence-corrected chi connectivity index (χ3v) is 7.02. The fourth-order valence-electron chi connectivity index (χ4n) is 3.59. The van der Waals surface area contributed by atoms with E-state index in [-0.39, 0.29) is 16.5 Å². The molecule has 0 aliphatic carbocycles. The molecule has 0 spiro atoms. The average Bonchev–Trinajstić information content (AvgIpc) is 3.12. The Morgan fingerprint density at radius 3 is 2.62 bits per heavy atom. The molecule has 1 aliphatic rings. The van der Waals surface area contributed by atoms with Crippen LogP contribution in [0.2, 0.25) is 10.0 Å². The second kappa shape index (κ2) is 8.49. The Morgan fingerprint density at radius 1 is 1.22 bits per heavy atom. The van der Waals surface area contributed by atoms with Crippen LogP contribution < -0.4 is 4.74 Å². The van der Waals surface area contributed by atoms with Gasteiger partial charge >= 0.3 is 12.1 Å². The van der Waals surface area contributed by atoms with E-state index >= 15 is 0 Å². The number of carbonyl (C=O) groups is 1. The Bertz CT molecular complexity index is 1200. The molecule has 1 aliphatic heterocycles. The topological polar surface area (TPSA) is 77.2 Å². The molecule has 0 fully saturated rings. The van der Waals surface area contributed by atoms with E-state index in [1.54, 1.807) is 18.2 Å². The maximum atomic E-state index is 13.8. The summed E-state index contributed by atoms with van der Waals surface area (Å²) in [6.07, 6.45) is -5.28. The van der Waals surface area contributed by atoms with E-state index in [0.29, 0.717) is 21.9 Å². The Labute approximate surface area is 194 Å². The van der Waals surface area contributed by atoms with Crippen LogP contribution in [0.5, 0.6) is 5.75 Å². The molecule has 4 rings (SSSR count). The van der Waals surface area contributed by atoms with Crippen LogP contribution in [0.3, 0.4) is 0 Å². The van der Waals surface area contributed by atoms with Crippen molar-refractivity contribution < 1.29 is 27.8 Å². The zero-order valence-corrected chi connectivity index (χ0v) is 18.6. The zero-order valence-electron chi connectivity index (χ0n) is 16.2. The van der Waals surface area contributed by atoms with E-state index in [9.17, 15) is 23.1 Å². The molecule has 1 aromatic heterocycles. The quantitative estimate of drug-likeness (QED) is 0.473. The van der Waals surface area contributed by atoms with Crippen molar-refractivity contribution >= 4 is 40.9 Å². The molecule has 2 atom stereocenters. The highest BCUT2D eigenvalue weighted by Gasteiger charge is 2.43. The normalized spacial score (nSPS) is 17.9. The third-order valence-electron chi connectivity index (χ3n) is 4.90. The minimum Gasteiger partial charge on any atom is -0.495 e. The van der Waals surface area contributed by atoms with E-state index in [0.717, 1.165) is 16.3 Å². The smallest absolute Gasteiger partial charge is 0.452 e. The van der Waals surface area contributed by atoms with Gasteiger partial charge in [-0.1, -0.05) is 35.3 Å². The predicted molar refractivity (Wildman–Crippen MR) is 114 cm³/mol. The summed E-state index contributed by atoms with van der Waals surface area (Å²) in [6.45, 7) is 0. The summed E-state index contributed by atoms with van der Waals surface area (Å²) in [5.74, 6) is -2.17. The number of ether oxygens (including phenoxy) is 1. The molecule has 0 saturated heterocycles. The summed E-state index contributed by atoms with van der Waals surface area (Å²) >= 11 is 13.9. The van der Waals surface area contributed by atoms with Crippen molar-refractivity contribution in [2.24, 2.45) is 0 Å². The lowest BCUT2D eigenvalue weighted by atomic mass is 10.0. The number of halogens is 5. The summed E-state index contributed by atoms with van der Waals surface area (Å²) in [6, 6.07) is 9.49. The van der Waals surface area contributed by atoms with Crippen LogP contribution in [0.1, 0.15) is 39.7 Å². The van der Waals surface area contributed by atoms with Gasteiger partial charge in [-0.05, 0) is 35.4 Å². The number of alkyl halides is 3. The number of hydrogen-bond donors (Lipinski definition) is 1. The monoisotopic (exact) mass is 503 g/mol. The second-order valence-corrected chi connectivity index (χ2v) is 9.01. The van der Waals surface area contributed by atoms with Gasteiger partial charge in [0.15, 0.2) is 5.82 Å². The van der Waals surface area contributed by atoms with Gasteiger partial charge in [-0.2, -0.15) is 13.2 Å². The van der Waals surface area contributed by atoms with Gasteiger partial charge < -0.3 is 9.84 Å². The third kappa shape index (κ3) is 4.02. The molecule has 0 unspecified atom stereocenters. The van der Waals surface area contributed by atoms with Crippen LogP contribution >= 0.6 is 35.0 Å². The molecular formula is C20H14Cl2F3N3O3S. The summed E-state index contributed by atoms with van der Waals surface area (Å²) < 4.78 is 47.5. The summed E-state index contributed by atoms with van der Waals surface area (Å²) in [5.41, 5.74) is 1.10. The van der Waals surface area contributed by atoms with Gasteiger partial charge in [0.05, 0.1) is 34.7 Å². The number of benzene rings is 2. The summed E-state index contributed by atoms with van der Waals surface area (Å²) in [4.78, 5) is 11.6. The van der Waals surface area contributed by atoms with Crippen LogP contribution in [0.15, 0.2) is 36.4 Å². The SMILES string of the molecule is COc1cccc([C@@H]2S[C@@H](CC(=O)O)c3nnc(C(F)(F)F)n3-c3ccc(Cl)cc32)c1Cl. The van der Waals surface area contributed by atoms with Gasteiger partial charge in [0.1, 0.15) is 5.75 Å². The first-order chi connectivity index (χ1) is 15.1. The molecule has 3 aromatic rings. The minimum absolute atomic E-state index is 0.116. The maximum absolute atomic E-state index is 13.8. The Kier molecular flexibility index (Phi) is 6.04. The van der Waals surface area contributed by atoms with Crippen LogP contribution in [0.4, 0.5) is 13.2 Å². The maximum Gasteiger partial charge on any atom is 0.452 e. The van der Waals surface area contributed by atoms with Gasteiger partial charge in [0.2, 0.25) is 5.82 Å². The molecule has 168 valence electrons. The second-order valence-electron chi connectivity index (χ2n) is 6.88. The molecule has 2 aromatic carbocycles. The lowest BCUT2D eigenvalue weighted by Crippen LogP contribution is -2.16. The van der Waals surface area contributed by atoms with Crippen LogP contribution in [0.25, 0.3) is 5.69 Å². The summed E-state index contributed by atoms with van der Waals surface area (Å²) in [7, 11) is 1.44. The van der Waals surface area contributed by atoms with E-state index in [1.165, 1.54) is 25.3 Å².